The van der Waals surface area contributed by atoms with E-state index in [0.29, 0.717) is 24.5 Å². The van der Waals surface area contributed by atoms with E-state index < -0.39 is 12.6 Å². The van der Waals surface area contributed by atoms with E-state index in [-0.39, 0.29) is 12.0 Å². The lowest BCUT2D eigenvalue weighted by atomic mass is 10.1. The van der Waals surface area contributed by atoms with Gasteiger partial charge in [0, 0.05) is 18.7 Å². The Morgan fingerprint density at radius 1 is 1.22 bits per heavy atom. The smallest absolute Gasteiger partial charge is 0.341 e. The molecular formula is C17H25NO5. The number of amides is 1. The zero-order valence-corrected chi connectivity index (χ0v) is 14.1. The number of carboxylic acid groups (broad SMARTS) is 1. The largest absolute Gasteiger partial charge is 0.481 e. The van der Waals surface area contributed by atoms with Gasteiger partial charge >= 0.3 is 5.97 Å². The zero-order chi connectivity index (χ0) is 17.4. The molecule has 0 bridgehead atoms. The third-order valence-electron chi connectivity index (χ3n) is 3.12. The molecule has 23 heavy (non-hydrogen) atoms. The number of carbonyl (C=O) groups is 2. The normalized spacial score (nSPS) is 10.7. The topological polar surface area (TPSA) is 84.9 Å². The van der Waals surface area contributed by atoms with Crippen molar-refractivity contribution in [2.24, 2.45) is 0 Å². The van der Waals surface area contributed by atoms with Crippen LogP contribution in [0.4, 0.5) is 0 Å². The molecule has 0 heterocycles. The van der Waals surface area contributed by atoms with Crippen molar-refractivity contribution in [1.82, 2.24) is 5.32 Å². The van der Waals surface area contributed by atoms with Crippen molar-refractivity contribution in [3.8, 4) is 5.75 Å². The zero-order valence-electron chi connectivity index (χ0n) is 14.1. The van der Waals surface area contributed by atoms with Crippen LogP contribution in [0.15, 0.2) is 12.1 Å². The highest BCUT2D eigenvalue weighted by Crippen LogP contribution is 2.24. The lowest BCUT2D eigenvalue weighted by Crippen LogP contribution is -2.25. The minimum Gasteiger partial charge on any atom is -0.481 e. The lowest BCUT2D eigenvalue weighted by molar-refractivity contribution is -0.139. The van der Waals surface area contributed by atoms with Gasteiger partial charge in [-0.1, -0.05) is 0 Å². The molecule has 0 atom stereocenters. The molecule has 0 radical (unpaired) electrons. The summed E-state index contributed by atoms with van der Waals surface area (Å²) in [6.45, 7) is 8.27. The molecule has 0 aliphatic carbocycles. The Kier molecular flexibility index (Phi) is 7.54. The van der Waals surface area contributed by atoms with Gasteiger partial charge in [0.25, 0.3) is 5.91 Å². The summed E-state index contributed by atoms with van der Waals surface area (Å²) in [5.41, 5.74) is 2.01. The molecule has 0 aliphatic rings. The van der Waals surface area contributed by atoms with Crippen molar-refractivity contribution in [2.45, 2.75) is 40.2 Å². The van der Waals surface area contributed by atoms with Crippen LogP contribution >= 0.6 is 0 Å². The van der Waals surface area contributed by atoms with Gasteiger partial charge in [0.05, 0.1) is 6.10 Å². The number of hydrogen-bond acceptors (Lipinski definition) is 4. The third kappa shape index (κ3) is 6.69. The summed E-state index contributed by atoms with van der Waals surface area (Å²) in [5, 5.41) is 11.5. The van der Waals surface area contributed by atoms with Crippen LogP contribution in [0, 0.1) is 13.8 Å². The number of nitrogens with one attached hydrogen (secondary N) is 1. The van der Waals surface area contributed by atoms with Gasteiger partial charge in [0.2, 0.25) is 0 Å². The quantitative estimate of drug-likeness (QED) is 0.681. The van der Waals surface area contributed by atoms with Crippen LogP contribution in [0.2, 0.25) is 0 Å². The number of aryl methyl sites for hydroxylation is 2. The summed E-state index contributed by atoms with van der Waals surface area (Å²) >= 11 is 0. The van der Waals surface area contributed by atoms with Crippen LogP contribution in [0.25, 0.3) is 0 Å². The van der Waals surface area contributed by atoms with E-state index in [1.54, 1.807) is 26.0 Å². The summed E-state index contributed by atoms with van der Waals surface area (Å²) in [6, 6.07) is 3.40. The van der Waals surface area contributed by atoms with Crippen LogP contribution in [0.3, 0.4) is 0 Å². The summed E-state index contributed by atoms with van der Waals surface area (Å²) in [6.07, 6.45) is 0.941. The molecule has 6 nitrogen and oxygen atoms in total. The van der Waals surface area contributed by atoms with Gasteiger partial charge in [-0.3, -0.25) is 4.79 Å². The van der Waals surface area contributed by atoms with Crippen molar-refractivity contribution in [3.63, 3.8) is 0 Å². The van der Waals surface area contributed by atoms with Crippen molar-refractivity contribution in [1.29, 1.82) is 0 Å². The number of benzene rings is 1. The van der Waals surface area contributed by atoms with Crippen LogP contribution in [-0.2, 0) is 9.53 Å². The van der Waals surface area contributed by atoms with Crippen LogP contribution in [-0.4, -0.2) is 42.8 Å². The Labute approximate surface area is 136 Å². The van der Waals surface area contributed by atoms with Crippen LogP contribution in [0.1, 0.15) is 41.8 Å². The fourth-order valence-electron chi connectivity index (χ4n) is 2.14. The van der Waals surface area contributed by atoms with Gasteiger partial charge in [-0.2, -0.15) is 0 Å². The van der Waals surface area contributed by atoms with Gasteiger partial charge in [0.1, 0.15) is 5.75 Å². The van der Waals surface area contributed by atoms with Gasteiger partial charge < -0.3 is 19.9 Å². The molecule has 0 saturated carbocycles. The van der Waals surface area contributed by atoms with E-state index in [9.17, 15) is 9.59 Å². The van der Waals surface area contributed by atoms with E-state index in [1.807, 2.05) is 13.8 Å². The molecule has 2 N–H and O–H groups in total. The second-order valence-corrected chi connectivity index (χ2v) is 5.65. The maximum absolute atomic E-state index is 12.1. The summed E-state index contributed by atoms with van der Waals surface area (Å²) in [4.78, 5) is 22.7. The van der Waals surface area contributed by atoms with E-state index in [2.05, 4.69) is 5.32 Å². The molecule has 0 aliphatic heterocycles. The Morgan fingerprint density at radius 2 is 1.83 bits per heavy atom. The molecule has 128 valence electrons. The summed E-state index contributed by atoms with van der Waals surface area (Å²) in [5.74, 6) is -0.686. The molecule has 0 fully saturated rings. The van der Waals surface area contributed by atoms with Crippen LogP contribution in [0.5, 0.6) is 5.75 Å². The summed E-state index contributed by atoms with van der Waals surface area (Å²) in [7, 11) is 0. The minimum absolute atomic E-state index is 0.162. The Balaban J connectivity index is 2.59. The highest BCUT2D eigenvalue weighted by molar-refractivity contribution is 5.94. The molecule has 0 spiro atoms. The molecule has 1 aromatic rings. The molecule has 0 saturated heterocycles. The minimum atomic E-state index is -1.03. The van der Waals surface area contributed by atoms with Crippen molar-refractivity contribution >= 4 is 11.9 Å². The molecule has 1 amide bonds. The average molecular weight is 323 g/mol. The molecular weight excluding hydrogens is 298 g/mol. The van der Waals surface area contributed by atoms with Gasteiger partial charge in [-0.15, -0.1) is 0 Å². The highest BCUT2D eigenvalue weighted by atomic mass is 16.5. The van der Waals surface area contributed by atoms with E-state index in [0.717, 1.165) is 17.5 Å². The second-order valence-electron chi connectivity index (χ2n) is 5.65. The number of carbonyl (C=O) groups excluding carboxylic acids is 1. The average Bonchev–Trinajstić information content (AvgIpc) is 2.44. The maximum Gasteiger partial charge on any atom is 0.341 e. The predicted octanol–water partition coefficient (Wildman–Crippen LogP) is 2.31. The number of carboxylic acids is 1. The van der Waals surface area contributed by atoms with Crippen molar-refractivity contribution in [2.75, 3.05) is 19.8 Å². The van der Waals surface area contributed by atoms with Gasteiger partial charge in [0.15, 0.2) is 6.61 Å². The van der Waals surface area contributed by atoms with Crippen molar-refractivity contribution < 1.29 is 24.2 Å². The van der Waals surface area contributed by atoms with Gasteiger partial charge in [-0.25, -0.2) is 4.79 Å². The van der Waals surface area contributed by atoms with Gasteiger partial charge in [-0.05, 0) is 57.4 Å². The number of hydrogen-bond donors (Lipinski definition) is 2. The first-order valence-corrected chi connectivity index (χ1v) is 7.67. The van der Waals surface area contributed by atoms with E-state index in [1.165, 1.54) is 0 Å². The maximum atomic E-state index is 12.1. The molecule has 6 heteroatoms. The first-order valence-electron chi connectivity index (χ1n) is 7.67. The van der Waals surface area contributed by atoms with E-state index >= 15 is 0 Å². The molecule has 1 rings (SSSR count). The Hall–Kier alpha value is -2.08. The summed E-state index contributed by atoms with van der Waals surface area (Å²) < 4.78 is 10.7. The lowest BCUT2D eigenvalue weighted by Gasteiger charge is -2.13. The number of rotatable bonds is 9. The SMILES string of the molecule is Cc1cc(C(=O)NCCCOC(C)C)cc(C)c1OCC(=O)O. The predicted molar refractivity (Wildman–Crippen MR) is 87.1 cm³/mol. The second kappa shape index (κ2) is 9.15. The third-order valence-corrected chi connectivity index (χ3v) is 3.12. The first kappa shape index (κ1) is 19.0. The number of aliphatic carboxylic acids is 1. The monoisotopic (exact) mass is 323 g/mol. The van der Waals surface area contributed by atoms with Crippen LogP contribution < -0.4 is 10.1 Å². The fraction of sp³-hybridized carbons (Fsp3) is 0.529. The fourth-order valence-corrected chi connectivity index (χ4v) is 2.14. The highest BCUT2D eigenvalue weighted by Gasteiger charge is 2.12. The molecule has 0 unspecified atom stereocenters. The Bertz CT molecular complexity index is 531. The molecule has 0 aromatic heterocycles. The molecule has 1 aromatic carbocycles. The van der Waals surface area contributed by atoms with Crippen molar-refractivity contribution in [3.05, 3.63) is 28.8 Å². The number of ether oxygens (including phenoxy) is 2. The standard InChI is InChI=1S/C17H25NO5/c1-11(2)22-7-5-6-18-17(21)14-8-12(3)16(13(4)9-14)23-10-15(19)20/h8-9,11H,5-7,10H2,1-4H3,(H,18,21)(H,19,20). The Morgan fingerprint density at radius 3 is 2.35 bits per heavy atom. The first-order chi connectivity index (χ1) is 10.8. The van der Waals surface area contributed by atoms with E-state index in [4.69, 9.17) is 14.6 Å².